The first kappa shape index (κ1) is 19.2. The summed E-state index contributed by atoms with van der Waals surface area (Å²) in [7, 11) is 0. The molecule has 0 radical (unpaired) electrons. The van der Waals surface area contributed by atoms with Crippen LogP contribution in [-0.2, 0) is 6.54 Å². The van der Waals surface area contributed by atoms with Gasteiger partial charge in [0, 0.05) is 54.1 Å². The number of hydrogen-bond donors (Lipinski definition) is 3. The smallest absolute Gasteiger partial charge is 0.317 e. The lowest BCUT2D eigenvalue weighted by molar-refractivity contribution is 0.0915. The number of nitrogen functional groups attached to an aromatic ring is 1. The molecule has 0 aliphatic carbocycles. The van der Waals surface area contributed by atoms with Crippen LogP contribution in [0.15, 0.2) is 36.4 Å². The van der Waals surface area contributed by atoms with E-state index in [9.17, 15) is 18.4 Å². The maximum Gasteiger partial charge on any atom is 0.317 e. The molecule has 4 N–H and O–H groups in total. The van der Waals surface area contributed by atoms with Crippen molar-refractivity contribution in [2.45, 2.75) is 31.3 Å². The van der Waals surface area contributed by atoms with Crippen molar-refractivity contribution >= 4 is 23.2 Å². The third-order valence-electron chi connectivity index (χ3n) is 5.70. The number of carbonyl (C=O) groups is 2. The number of nitrogens with two attached hydrogens (primary N) is 1. The molecule has 6 nitrogen and oxygen atoms in total. The summed E-state index contributed by atoms with van der Waals surface area (Å²) in [5.74, 6) is -0.975. The minimum atomic E-state index is -0.456. The lowest BCUT2D eigenvalue weighted by Gasteiger charge is -2.45. The zero-order valence-corrected chi connectivity index (χ0v) is 15.8. The van der Waals surface area contributed by atoms with E-state index >= 15 is 0 Å². The first-order valence-electron chi connectivity index (χ1n) is 9.53. The number of likely N-dealkylation sites (tertiary alicyclic amines) is 1. The molecule has 1 spiro atoms. The summed E-state index contributed by atoms with van der Waals surface area (Å²) in [5.41, 5.74) is 6.81. The summed E-state index contributed by atoms with van der Waals surface area (Å²) in [5, 5.41) is 6.12. The molecule has 1 fully saturated rings. The molecule has 0 atom stereocenters. The summed E-state index contributed by atoms with van der Waals surface area (Å²) >= 11 is 0. The number of carbonyl (C=O) groups excluding carboxylic acids is 2. The predicted octanol–water partition coefficient (Wildman–Crippen LogP) is 3.29. The number of piperidine rings is 1. The third kappa shape index (κ3) is 3.87. The standard InChI is InChI=1S/C21H22F2N4O2/c22-14-2-4-18-16(9-14)19(28)11-21(26-18)5-7-27(8-6-21)20(29)25-12-13-1-3-15(24)10-17(13)23/h1-4,9-10,26H,5-8,11-12,24H2,(H,25,29). The number of anilines is 2. The highest BCUT2D eigenvalue weighted by Gasteiger charge is 2.41. The van der Waals surface area contributed by atoms with E-state index in [1.54, 1.807) is 23.1 Å². The minimum Gasteiger partial charge on any atom is -0.399 e. The molecule has 2 aromatic carbocycles. The van der Waals surface area contributed by atoms with Crippen molar-refractivity contribution in [3.63, 3.8) is 0 Å². The van der Waals surface area contributed by atoms with E-state index in [-0.39, 0.29) is 24.8 Å². The van der Waals surface area contributed by atoms with Crippen LogP contribution in [0, 0.1) is 11.6 Å². The van der Waals surface area contributed by atoms with Gasteiger partial charge in [0.05, 0.1) is 0 Å². The van der Waals surface area contributed by atoms with Gasteiger partial charge in [0.2, 0.25) is 0 Å². The van der Waals surface area contributed by atoms with Crippen LogP contribution in [-0.4, -0.2) is 35.3 Å². The molecule has 0 unspecified atom stereocenters. The van der Waals surface area contributed by atoms with Crippen molar-refractivity contribution in [3.8, 4) is 0 Å². The fourth-order valence-electron chi connectivity index (χ4n) is 4.02. The Kier molecular flexibility index (Phi) is 4.86. The second kappa shape index (κ2) is 7.35. The van der Waals surface area contributed by atoms with Crippen molar-refractivity contribution in [1.82, 2.24) is 10.2 Å². The monoisotopic (exact) mass is 400 g/mol. The Hall–Kier alpha value is -3.16. The Labute approximate surface area is 167 Å². The van der Waals surface area contributed by atoms with E-state index < -0.39 is 17.2 Å². The summed E-state index contributed by atoms with van der Waals surface area (Å²) in [6.07, 6.45) is 1.47. The number of hydrogen-bond acceptors (Lipinski definition) is 4. The highest BCUT2D eigenvalue weighted by atomic mass is 19.1. The number of amides is 2. The molecule has 2 aromatic rings. The molecular weight excluding hydrogens is 378 g/mol. The second-order valence-electron chi connectivity index (χ2n) is 7.69. The highest BCUT2D eigenvalue weighted by molar-refractivity contribution is 6.04. The van der Waals surface area contributed by atoms with Crippen molar-refractivity contribution < 1.29 is 18.4 Å². The fraction of sp³-hybridized carbons (Fsp3) is 0.333. The topological polar surface area (TPSA) is 87.5 Å². The maximum atomic E-state index is 13.9. The number of nitrogens with zero attached hydrogens (tertiary/aromatic N) is 1. The van der Waals surface area contributed by atoms with Gasteiger partial charge in [-0.25, -0.2) is 13.6 Å². The first-order valence-corrected chi connectivity index (χ1v) is 9.53. The number of benzene rings is 2. The van der Waals surface area contributed by atoms with Crippen LogP contribution in [0.25, 0.3) is 0 Å². The normalized spacial score (nSPS) is 17.6. The number of Topliss-reactive ketones (excluding diaryl/α,β-unsaturated/α-hetero) is 1. The highest BCUT2D eigenvalue weighted by Crippen LogP contribution is 2.37. The number of nitrogens with one attached hydrogen (secondary N) is 2. The van der Waals surface area contributed by atoms with E-state index in [0.29, 0.717) is 48.4 Å². The Morgan fingerprint density at radius 2 is 1.93 bits per heavy atom. The van der Waals surface area contributed by atoms with Crippen LogP contribution >= 0.6 is 0 Å². The van der Waals surface area contributed by atoms with Gasteiger partial charge >= 0.3 is 6.03 Å². The number of fused-ring (bicyclic) bond motifs is 1. The zero-order chi connectivity index (χ0) is 20.6. The zero-order valence-electron chi connectivity index (χ0n) is 15.8. The van der Waals surface area contributed by atoms with Crippen LogP contribution in [0.4, 0.5) is 25.0 Å². The Morgan fingerprint density at radius 1 is 1.17 bits per heavy atom. The fourth-order valence-corrected chi connectivity index (χ4v) is 4.02. The summed E-state index contributed by atoms with van der Waals surface area (Å²) in [6, 6.07) is 8.26. The van der Waals surface area contributed by atoms with Gasteiger partial charge in [-0.15, -0.1) is 0 Å². The van der Waals surface area contributed by atoms with Crippen LogP contribution in [0.3, 0.4) is 0 Å². The molecule has 2 heterocycles. The molecule has 8 heteroatoms. The predicted molar refractivity (Wildman–Crippen MR) is 106 cm³/mol. The molecule has 2 amide bonds. The van der Waals surface area contributed by atoms with E-state index in [1.807, 2.05) is 0 Å². The van der Waals surface area contributed by atoms with Crippen LogP contribution in [0.2, 0.25) is 0 Å². The molecule has 29 heavy (non-hydrogen) atoms. The van der Waals surface area contributed by atoms with Crippen LogP contribution < -0.4 is 16.4 Å². The van der Waals surface area contributed by atoms with Gasteiger partial charge in [-0.05, 0) is 43.2 Å². The average Bonchev–Trinajstić information content (AvgIpc) is 2.68. The van der Waals surface area contributed by atoms with Gasteiger partial charge < -0.3 is 21.3 Å². The number of rotatable bonds is 2. The largest absolute Gasteiger partial charge is 0.399 e. The summed E-state index contributed by atoms with van der Waals surface area (Å²) < 4.78 is 27.3. The van der Waals surface area contributed by atoms with E-state index in [2.05, 4.69) is 10.6 Å². The van der Waals surface area contributed by atoms with Crippen molar-refractivity contribution in [1.29, 1.82) is 0 Å². The molecular formula is C21H22F2N4O2. The Bertz CT molecular complexity index is 971. The summed E-state index contributed by atoms with van der Waals surface area (Å²) in [6.45, 7) is 1.00. The average molecular weight is 400 g/mol. The van der Waals surface area contributed by atoms with Gasteiger partial charge in [0.15, 0.2) is 5.78 Å². The molecule has 152 valence electrons. The molecule has 2 aliphatic rings. The van der Waals surface area contributed by atoms with Crippen LogP contribution in [0.1, 0.15) is 35.2 Å². The number of urea groups is 1. The Morgan fingerprint density at radius 3 is 2.66 bits per heavy atom. The van der Waals surface area contributed by atoms with E-state index in [4.69, 9.17) is 5.73 Å². The first-order chi connectivity index (χ1) is 13.8. The maximum absolute atomic E-state index is 13.9. The van der Waals surface area contributed by atoms with Crippen LogP contribution in [0.5, 0.6) is 0 Å². The third-order valence-corrected chi connectivity index (χ3v) is 5.70. The molecule has 1 saturated heterocycles. The van der Waals surface area contributed by atoms with E-state index in [0.717, 1.165) is 0 Å². The number of halogens is 2. The van der Waals surface area contributed by atoms with Crippen molar-refractivity contribution in [2.75, 3.05) is 24.1 Å². The lowest BCUT2D eigenvalue weighted by Crippen LogP contribution is -2.55. The van der Waals surface area contributed by atoms with Crippen molar-refractivity contribution in [3.05, 3.63) is 59.2 Å². The second-order valence-corrected chi connectivity index (χ2v) is 7.69. The van der Waals surface area contributed by atoms with Gasteiger partial charge in [0.1, 0.15) is 11.6 Å². The Balaban J connectivity index is 1.36. The van der Waals surface area contributed by atoms with Gasteiger partial charge in [0.25, 0.3) is 0 Å². The van der Waals surface area contributed by atoms with Gasteiger partial charge in [-0.2, -0.15) is 0 Å². The molecule has 2 aliphatic heterocycles. The molecule has 0 aromatic heterocycles. The minimum absolute atomic E-state index is 0.0717. The summed E-state index contributed by atoms with van der Waals surface area (Å²) in [4.78, 5) is 26.6. The molecule has 4 rings (SSSR count). The molecule has 0 bridgehead atoms. The van der Waals surface area contributed by atoms with E-state index in [1.165, 1.54) is 18.2 Å². The SMILES string of the molecule is Nc1ccc(CNC(=O)N2CCC3(CC2)CC(=O)c2cc(F)ccc2N3)c(F)c1. The van der Waals surface area contributed by atoms with Gasteiger partial charge in [-0.3, -0.25) is 4.79 Å². The quantitative estimate of drug-likeness (QED) is 0.675. The number of ketones is 1. The van der Waals surface area contributed by atoms with Gasteiger partial charge in [-0.1, -0.05) is 6.07 Å². The van der Waals surface area contributed by atoms with Crippen molar-refractivity contribution in [2.24, 2.45) is 0 Å². The molecule has 0 saturated carbocycles. The lowest BCUT2D eigenvalue weighted by atomic mass is 9.78.